The number of hydrogen-bond acceptors (Lipinski definition) is 8. The van der Waals surface area contributed by atoms with Crippen LogP contribution in [0.15, 0.2) is 98.7 Å². The third-order valence-electron chi connectivity index (χ3n) is 6.76. The van der Waals surface area contributed by atoms with Crippen molar-refractivity contribution in [2.45, 2.75) is 44.4 Å². The molecule has 0 bridgehead atoms. The molecule has 42 heavy (non-hydrogen) atoms. The highest BCUT2D eigenvalue weighted by Gasteiger charge is 2.33. The summed E-state index contributed by atoms with van der Waals surface area (Å²) >= 11 is 2.94. The molecule has 2 heterocycles. The maximum atomic E-state index is 13.9. The number of allylic oxidation sites excluding steroid dienone is 1. The van der Waals surface area contributed by atoms with Crippen LogP contribution in [-0.4, -0.2) is 30.0 Å². The van der Waals surface area contributed by atoms with Crippen molar-refractivity contribution in [2.75, 3.05) is 13.4 Å². The minimum Gasteiger partial charge on any atom is -0.497 e. The molecule has 0 aliphatic carbocycles. The van der Waals surface area contributed by atoms with Crippen molar-refractivity contribution in [1.82, 2.24) is 4.57 Å². The molecule has 0 radical (unpaired) electrons. The Morgan fingerprint density at radius 1 is 1.02 bits per heavy atom. The van der Waals surface area contributed by atoms with Crippen LogP contribution in [0.5, 0.6) is 11.5 Å². The molecule has 7 nitrogen and oxygen atoms in total. The number of carbonyl (C=O) groups excluding carboxylic acids is 1. The molecule has 216 valence electrons. The molecule has 0 N–H and O–H groups in total. The molecule has 0 saturated carbocycles. The van der Waals surface area contributed by atoms with Gasteiger partial charge in [0.25, 0.3) is 5.56 Å². The number of methoxy groups -OCH3 is 1. The smallest absolute Gasteiger partial charge is 0.338 e. The minimum absolute atomic E-state index is 0.208. The second-order valence-electron chi connectivity index (χ2n) is 10.0. The van der Waals surface area contributed by atoms with Crippen LogP contribution in [0.1, 0.15) is 43.5 Å². The highest BCUT2D eigenvalue weighted by molar-refractivity contribution is 7.98. The minimum atomic E-state index is -0.640. The quantitative estimate of drug-likeness (QED) is 0.187. The molecule has 1 atom stereocenters. The lowest BCUT2D eigenvalue weighted by Gasteiger charge is -2.25. The summed E-state index contributed by atoms with van der Waals surface area (Å²) in [6.07, 6.45) is 3.55. The average Bonchev–Trinajstić information content (AvgIpc) is 3.29. The lowest BCUT2D eigenvalue weighted by molar-refractivity contribution is -0.143. The lowest BCUT2D eigenvalue weighted by atomic mass is 9.96. The van der Waals surface area contributed by atoms with Gasteiger partial charge in [0.1, 0.15) is 18.1 Å². The zero-order valence-corrected chi connectivity index (χ0v) is 25.8. The van der Waals surface area contributed by atoms with Crippen molar-refractivity contribution in [3.8, 4) is 11.5 Å². The van der Waals surface area contributed by atoms with Crippen LogP contribution in [0.25, 0.3) is 6.08 Å². The SMILES string of the molecule is COc1ccc(COc2ccc(/C=c3\sc4n(c3=O)[C@@H](c3ccc(SC)cc3)C(C(=O)OC(C)C)=C(C)N=4)cc2)cc1. The molecule has 5 rings (SSSR count). The highest BCUT2D eigenvalue weighted by Crippen LogP contribution is 2.32. The van der Waals surface area contributed by atoms with Gasteiger partial charge >= 0.3 is 5.97 Å². The number of benzene rings is 3. The van der Waals surface area contributed by atoms with Crippen LogP contribution in [0, 0.1) is 0 Å². The fourth-order valence-electron chi connectivity index (χ4n) is 4.66. The summed E-state index contributed by atoms with van der Waals surface area (Å²) in [5, 5.41) is 0. The first-order valence-corrected chi connectivity index (χ1v) is 15.5. The fourth-order valence-corrected chi connectivity index (χ4v) is 6.12. The van der Waals surface area contributed by atoms with Gasteiger partial charge in [0.2, 0.25) is 0 Å². The summed E-state index contributed by atoms with van der Waals surface area (Å²) in [4.78, 5) is 33.4. The number of aromatic nitrogens is 1. The monoisotopic (exact) mass is 600 g/mol. The number of hydrogen-bond donors (Lipinski definition) is 0. The highest BCUT2D eigenvalue weighted by atomic mass is 32.2. The number of thioether (sulfide) groups is 1. The fraction of sp³-hybridized carbons (Fsp3) is 0.242. The standard InChI is InChI=1S/C33H32N2O5S2/c1-20(2)40-32(37)29-21(3)34-33-35(30(29)24-10-16-27(41-5)17-11-24)31(36)28(42-33)18-22-6-14-26(15-7-22)39-19-23-8-12-25(38-4)13-9-23/h6-18,20,30H,19H2,1-5H3/b28-18-/t30-/m0/s1. The van der Waals surface area contributed by atoms with Crippen LogP contribution in [0.4, 0.5) is 0 Å². The molecule has 0 saturated heterocycles. The second kappa shape index (κ2) is 12.8. The van der Waals surface area contributed by atoms with Crippen molar-refractivity contribution in [2.24, 2.45) is 4.99 Å². The molecule has 0 unspecified atom stereocenters. The van der Waals surface area contributed by atoms with Crippen LogP contribution < -0.4 is 24.4 Å². The van der Waals surface area contributed by atoms with Gasteiger partial charge in [-0.05, 0) is 86.2 Å². The molecule has 1 aromatic heterocycles. The van der Waals surface area contributed by atoms with E-state index in [0.717, 1.165) is 33.1 Å². The van der Waals surface area contributed by atoms with E-state index in [2.05, 4.69) is 4.99 Å². The number of fused-ring (bicyclic) bond motifs is 1. The number of esters is 1. The lowest BCUT2D eigenvalue weighted by Crippen LogP contribution is -2.40. The third kappa shape index (κ3) is 6.37. The Bertz CT molecular complexity index is 1790. The van der Waals surface area contributed by atoms with Crippen molar-refractivity contribution in [3.63, 3.8) is 0 Å². The molecular formula is C33H32N2O5S2. The normalized spacial score (nSPS) is 14.9. The predicted octanol–water partition coefficient (Wildman–Crippen LogP) is 5.50. The predicted molar refractivity (Wildman–Crippen MR) is 167 cm³/mol. The largest absolute Gasteiger partial charge is 0.497 e. The van der Waals surface area contributed by atoms with Gasteiger partial charge in [0.05, 0.1) is 35.1 Å². The third-order valence-corrected chi connectivity index (χ3v) is 8.48. The van der Waals surface area contributed by atoms with Gasteiger partial charge in [0.15, 0.2) is 4.80 Å². The van der Waals surface area contributed by atoms with E-state index >= 15 is 0 Å². The van der Waals surface area contributed by atoms with Crippen molar-refractivity contribution in [1.29, 1.82) is 0 Å². The average molecular weight is 601 g/mol. The Labute approximate surface area is 252 Å². The van der Waals surface area contributed by atoms with Crippen molar-refractivity contribution >= 4 is 35.1 Å². The van der Waals surface area contributed by atoms with Crippen LogP contribution in [0.3, 0.4) is 0 Å². The van der Waals surface area contributed by atoms with Crippen LogP contribution in [0.2, 0.25) is 0 Å². The summed E-state index contributed by atoms with van der Waals surface area (Å²) in [5.74, 6) is 1.06. The van der Waals surface area contributed by atoms with E-state index in [1.54, 1.807) is 44.2 Å². The Kier molecular flexibility index (Phi) is 8.99. The summed E-state index contributed by atoms with van der Waals surface area (Å²) in [6, 6.07) is 22.6. The van der Waals surface area contributed by atoms with Gasteiger partial charge in [0, 0.05) is 4.90 Å². The van der Waals surface area contributed by atoms with E-state index in [1.807, 2.05) is 85.1 Å². The van der Waals surface area contributed by atoms with Crippen molar-refractivity contribution < 1.29 is 19.0 Å². The first-order valence-electron chi connectivity index (χ1n) is 13.5. The van der Waals surface area contributed by atoms with E-state index in [1.165, 1.54) is 11.3 Å². The number of carbonyl (C=O) groups is 1. The van der Waals surface area contributed by atoms with E-state index in [4.69, 9.17) is 14.2 Å². The van der Waals surface area contributed by atoms with Crippen LogP contribution >= 0.6 is 23.1 Å². The number of nitrogens with zero attached hydrogens (tertiary/aromatic N) is 2. The maximum absolute atomic E-state index is 13.9. The molecular weight excluding hydrogens is 569 g/mol. The second-order valence-corrected chi connectivity index (χ2v) is 11.9. The Hall–Kier alpha value is -4.08. The van der Waals surface area contributed by atoms with Gasteiger partial charge < -0.3 is 14.2 Å². The van der Waals surface area contributed by atoms with E-state index in [0.29, 0.717) is 27.2 Å². The molecule has 1 aliphatic rings. The zero-order valence-electron chi connectivity index (χ0n) is 24.1. The number of rotatable bonds is 9. The van der Waals surface area contributed by atoms with Crippen molar-refractivity contribution in [3.05, 3.63) is 120 Å². The molecule has 0 fully saturated rings. The van der Waals surface area contributed by atoms with Gasteiger partial charge in [-0.3, -0.25) is 9.36 Å². The van der Waals surface area contributed by atoms with E-state index in [-0.39, 0.29) is 11.7 Å². The Balaban J connectivity index is 1.47. The summed E-state index contributed by atoms with van der Waals surface area (Å²) in [5.41, 5.74) is 3.42. The van der Waals surface area contributed by atoms with Gasteiger partial charge in [-0.1, -0.05) is 47.7 Å². The molecule has 1 aliphatic heterocycles. The first-order chi connectivity index (χ1) is 20.3. The molecule has 9 heteroatoms. The summed E-state index contributed by atoms with van der Waals surface area (Å²) in [7, 11) is 1.64. The molecule has 0 spiro atoms. The van der Waals surface area contributed by atoms with E-state index in [9.17, 15) is 9.59 Å². The first kappa shape index (κ1) is 29.4. The van der Waals surface area contributed by atoms with Gasteiger partial charge in [-0.25, -0.2) is 9.79 Å². The van der Waals surface area contributed by atoms with Gasteiger partial charge in [-0.2, -0.15) is 0 Å². The number of ether oxygens (including phenoxy) is 3. The van der Waals surface area contributed by atoms with E-state index < -0.39 is 12.0 Å². The number of thiazole rings is 1. The summed E-state index contributed by atoms with van der Waals surface area (Å²) < 4.78 is 18.9. The Morgan fingerprint density at radius 2 is 1.69 bits per heavy atom. The molecule has 0 amide bonds. The molecule has 4 aromatic rings. The summed E-state index contributed by atoms with van der Waals surface area (Å²) in [6.45, 7) is 5.84. The maximum Gasteiger partial charge on any atom is 0.338 e. The topological polar surface area (TPSA) is 79.1 Å². The van der Waals surface area contributed by atoms with Gasteiger partial charge in [-0.15, -0.1) is 11.8 Å². The molecule has 3 aromatic carbocycles. The Morgan fingerprint density at radius 3 is 2.31 bits per heavy atom. The van der Waals surface area contributed by atoms with Crippen LogP contribution in [-0.2, 0) is 16.1 Å². The zero-order chi connectivity index (χ0) is 29.8.